The first-order valence-electron chi connectivity index (χ1n) is 4.49. The van der Waals surface area contributed by atoms with E-state index in [1.165, 1.54) is 0 Å². The Morgan fingerprint density at radius 3 is 0.667 bits per heavy atom. The van der Waals surface area contributed by atoms with Gasteiger partial charge in [0.1, 0.15) is 24.4 Å². The Kier molecular flexibility index (Phi) is 12.6. The fourth-order valence-electron chi connectivity index (χ4n) is 0.516. The number of carbonyl (C=O) groups excluding carboxylic acids is 4. The molecule has 0 radical (unpaired) electrons. The monoisotopic (exact) mass is 354 g/mol. The molecule has 0 bridgehead atoms. The van der Waals surface area contributed by atoms with Crippen LogP contribution in [0.1, 0.15) is 0 Å². The summed E-state index contributed by atoms with van der Waals surface area (Å²) in [5.74, 6) is -8.23. The van der Waals surface area contributed by atoms with E-state index < -0.39 is 48.3 Å². The Morgan fingerprint density at radius 2 is 0.619 bits per heavy atom. The molecule has 0 rings (SSSR count). The summed E-state index contributed by atoms with van der Waals surface area (Å²) in [6.07, 6.45) is -9.76. The summed E-state index contributed by atoms with van der Waals surface area (Å²) in [5, 5.41) is 71.5. The number of carbonyl (C=O) groups is 4. The average molecular weight is 355 g/mol. The van der Waals surface area contributed by atoms with Crippen LogP contribution in [0.3, 0.4) is 0 Å². The van der Waals surface area contributed by atoms with E-state index in [-0.39, 0.29) is 16.5 Å². The molecule has 21 heavy (non-hydrogen) atoms. The fourth-order valence-corrected chi connectivity index (χ4v) is 0.516. The van der Waals surface area contributed by atoms with Gasteiger partial charge in [0.25, 0.3) is 0 Å². The molecule has 4 unspecified atom stereocenters. The minimum atomic E-state index is -2.44. The summed E-state index contributed by atoms with van der Waals surface area (Å²) >= 11 is 0. The van der Waals surface area contributed by atoms with E-state index >= 15 is 0 Å². The number of aliphatic hydroxyl groups is 4. The van der Waals surface area contributed by atoms with Gasteiger partial charge in [0, 0.05) is 0 Å². The topological polar surface area (TPSA) is 241 Å². The van der Waals surface area contributed by atoms with E-state index in [1.54, 1.807) is 0 Å². The smallest absolute Gasteiger partial charge is 0.547 e. The second-order valence-corrected chi connectivity index (χ2v) is 3.06. The molecule has 0 aliphatic carbocycles. The summed E-state index contributed by atoms with van der Waals surface area (Å²) in [7, 11) is 0. The fraction of sp³-hybridized carbons (Fsp3) is 0.500. The summed E-state index contributed by atoms with van der Waals surface area (Å²) in [5.41, 5.74) is 0. The predicted molar refractivity (Wildman–Crippen MR) is 44.1 cm³/mol. The van der Waals surface area contributed by atoms with Gasteiger partial charge in [-0.15, -0.1) is 0 Å². The Balaban J connectivity index is -0.000000295. The zero-order chi connectivity index (χ0) is 16.6. The van der Waals surface area contributed by atoms with Crippen molar-refractivity contribution in [2.45, 2.75) is 24.4 Å². The zero-order valence-electron chi connectivity index (χ0n) is 9.68. The van der Waals surface area contributed by atoms with Crippen molar-refractivity contribution in [3.8, 4) is 0 Å². The van der Waals surface area contributed by atoms with E-state index in [0.29, 0.717) is 0 Å². The molecule has 0 aromatic rings. The van der Waals surface area contributed by atoms with Gasteiger partial charge in [-0.25, -0.2) is 0 Å². The number of hydrogen-bond acceptors (Lipinski definition) is 12. The number of aliphatic carboxylic acids is 4. The molecule has 0 saturated carbocycles. The normalized spacial score (nSPS) is 15.0. The molecule has 4 N–H and O–H groups in total. The van der Waals surface area contributed by atoms with Crippen LogP contribution in [0.4, 0.5) is 0 Å². The van der Waals surface area contributed by atoms with Gasteiger partial charge in [-0.2, -0.15) is 0 Å². The molecule has 124 valence electrons. The first kappa shape index (κ1) is 24.2. The Hall–Kier alpha value is -1.79. The van der Waals surface area contributed by atoms with Crippen LogP contribution in [0.15, 0.2) is 0 Å². The Bertz CT molecular complexity index is 309. The van der Waals surface area contributed by atoms with Crippen molar-refractivity contribution in [1.82, 2.24) is 0 Å². The SMILES string of the molecule is O=C([O-])C(O)C(O)C(=O)[O-].O=C([O-])C(O)C(O)C(=O)[O-].[Ni+2]. The maximum atomic E-state index is 9.63. The van der Waals surface area contributed by atoms with Crippen molar-refractivity contribution in [2.24, 2.45) is 0 Å². The van der Waals surface area contributed by atoms with Gasteiger partial charge in [0.2, 0.25) is 0 Å². The molecule has 13 heteroatoms. The molecule has 0 aliphatic heterocycles. The molecular weight excluding hydrogens is 347 g/mol. The first-order chi connectivity index (χ1) is 8.93. The van der Waals surface area contributed by atoms with Crippen molar-refractivity contribution in [3.05, 3.63) is 0 Å². The van der Waals surface area contributed by atoms with Crippen molar-refractivity contribution < 1.29 is 76.5 Å². The van der Waals surface area contributed by atoms with Crippen molar-refractivity contribution >= 4 is 23.9 Å². The van der Waals surface area contributed by atoms with E-state index in [0.717, 1.165) is 0 Å². The Morgan fingerprint density at radius 1 is 0.524 bits per heavy atom. The Labute approximate surface area is 125 Å². The number of rotatable bonds is 6. The third-order valence-electron chi connectivity index (χ3n) is 1.56. The van der Waals surface area contributed by atoms with Crippen LogP contribution in [0.5, 0.6) is 0 Å². The van der Waals surface area contributed by atoms with Gasteiger partial charge in [-0.1, -0.05) is 0 Å². The van der Waals surface area contributed by atoms with Gasteiger partial charge in [0.05, 0.1) is 23.9 Å². The second kappa shape index (κ2) is 10.9. The minimum absolute atomic E-state index is 0. The summed E-state index contributed by atoms with van der Waals surface area (Å²) in [6.45, 7) is 0. The minimum Gasteiger partial charge on any atom is -0.547 e. The molecule has 0 amide bonds. The number of hydrogen-bond donors (Lipinski definition) is 4. The van der Waals surface area contributed by atoms with E-state index in [4.69, 9.17) is 20.4 Å². The van der Waals surface area contributed by atoms with Crippen molar-refractivity contribution in [3.63, 3.8) is 0 Å². The van der Waals surface area contributed by atoms with Gasteiger partial charge in [-0.3, -0.25) is 0 Å². The summed E-state index contributed by atoms with van der Waals surface area (Å²) < 4.78 is 0. The molecule has 0 fully saturated rings. The van der Waals surface area contributed by atoms with Crippen LogP contribution >= 0.6 is 0 Å². The van der Waals surface area contributed by atoms with Crippen LogP contribution in [0.2, 0.25) is 0 Å². The standard InChI is InChI=1S/2C4H6O6.Ni/c2*5-1(3(7)8)2(6)4(9)10;/h2*1-2,5-6H,(H,7,8)(H,9,10);/q;;+2/p-4. The maximum Gasteiger partial charge on any atom is 2.00 e. The zero-order valence-corrected chi connectivity index (χ0v) is 10.7. The molecule has 0 aromatic carbocycles. The van der Waals surface area contributed by atoms with Gasteiger partial charge < -0.3 is 60.0 Å². The molecule has 0 heterocycles. The largest absolute Gasteiger partial charge is 2.00 e. The second-order valence-electron chi connectivity index (χ2n) is 3.06. The molecular formula is C8H8NiO12-2. The van der Waals surface area contributed by atoms with E-state index in [2.05, 4.69) is 0 Å². The predicted octanol–water partition coefficient (Wildman–Crippen LogP) is -9.59. The summed E-state index contributed by atoms with van der Waals surface area (Å²) in [4.78, 5) is 38.5. The van der Waals surface area contributed by atoms with Crippen LogP contribution in [0, 0.1) is 0 Å². The third-order valence-corrected chi connectivity index (χ3v) is 1.56. The van der Waals surface area contributed by atoms with Gasteiger partial charge >= 0.3 is 16.5 Å². The molecule has 0 aliphatic rings. The molecule has 0 aromatic heterocycles. The quantitative estimate of drug-likeness (QED) is 0.325. The number of aliphatic hydroxyl groups excluding tert-OH is 4. The number of carboxylic acids is 4. The molecule has 12 nitrogen and oxygen atoms in total. The van der Waals surface area contributed by atoms with Gasteiger partial charge in [-0.05, 0) is 0 Å². The first-order valence-corrected chi connectivity index (χ1v) is 4.49. The van der Waals surface area contributed by atoms with Crippen LogP contribution in [-0.4, -0.2) is 68.7 Å². The van der Waals surface area contributed by atoms with Crippen LogP contribution < -0.4 is 20.4 Å². The maximum absolute atomic E-state index is 9.63. The molecule has 4 atom stereocenters. The molecule has 0 spiro atoms. The van der Waals surface area contributed by atoms with Crippen molar-refractivity contribution in [1.29, 1.82) is 0 Å². The number of carboxylic acid groups (broad SMARTS) is 4. The average Bonchev–Trinajstić information content (AvgIpc) is 2.35. The summed E-state index contributed by atoms with van der Waals surface area (Å²) in [6, 6.07) is 0. The van der Waals surface area contributed by atoms with Crippen LogP contribution in [0.25, 0.3) is 0 Å². The third kappa shape index (κ3) is 9.70. The van der Waals surface area contributed by atoms with Gasteiger partial charge in [0.15, 0.2) is 0 Å². The van der Waals surface area contributed by atoms with Crippen molar-refractivity contribution in [2.75, 3.05) is 0 Å². The molecule has 0 saturated heterocycles. The van der Waals surface area contributed by atoms with Crippen LogP contribution in [-0.2, 0) is 35.7 Å². The van der Waals surface area contributed by atoms with E-state index in [1.807, 2.05) is 0 Å². The van der Waals surface area contributed by atoms with E-state index in [9.17, 15) is 39.6 Å².